The zero-order chi connectivity index (χ0) is 13.1. The number of rotatable bonds is 3. The molecule has 1 heterocycles. The molecule has 1 aromatic rings. The van der Waals surface area contributed by atoms with Crippen LogP contribution >= 0.6 is 0 Å². The number of aromatic nitrogens is 2. The normalized spacial score (nSPS) is 11.6. The Morgan fingerprint density at radius 2 is 2.18 bits per heavy atom. The van der Waals surface area contributed by atoms with Crippen LogP contribution in [-0.4, -0.2) is 21.7 Å². The smallest absolute Gasteiger partial charge is 0.408 e. The van der Waals surface area contributed by atoms with Crippen molar-refractivity contribution >= 4 is 6.09 Å². The van der Waals surface area contributed by atoms with Gasteiger partial charge < -0.3 is 15.0 Å². The van der Waals surface area contributed by atoms with Gasteiger partial charge in [0.1, 0.15) is 11.4 Å². The van der Waals surface area contributed by atoms with Gasteiger partial charge in [0.15, 0.2) is 0 Å². The van der Waals surface area contributed by atoms with Gasteiger partial charge in [-0.05, 0) is 26.7 Å². The molecule has 17 heavy (non-hydrogen) atoms. The van der Waals surface area contributed by atoms with Gasteiger partial charge >= 0.3 is 6.09 Å². The third kappa shape index (κ3) is 4.89. The fourth-order valence-electron chi connectivity index (χ4n) is 1.23. The van der Waals surface area contributed by atoms with Crippen molar-refractivity contribution in [3.05, 3.63) is 17.7 Å². The first-order valence-corrected chi connectivity index (χ1v) is 5.78. The van der Waals surface area contributed by atoms with E-state index in [1.807, 2.05) is 20.8 Å². The molecule has 1 rings (SSSR count). The van der Waals surface area contributed by atoms with Crippen LogP contribution in [0.4, 0.5) is 4.79 Å². The first-order valence-electron chi connectivity index (χ1n) is 5.78. The monoisotopic (exact) mass is 239 g/mol. The van der Waals surface area contributed by atoms with E-state index in [4.69, 9.17) is 4.74 Å². The van der Waals surface area contributed by atoms with E-state index in [9.17, 15) is 4.79 Å². The number of nitrogens with zero attached hydrogens (tertiary/aromatic N) is 1. The SMILES string of the molecule is CC(C)c1cnc(CNC(=O)OC(C)(C)C)[nH]1. The summed E-state index contributed by atoms with van der Waals surface area (Å²) < 4.78 is 5.12. The standard InChI is InChI=1S/C12H21N3O2/c1-8(2)9-6-13-10(15-9)7-14-11(16)17-12(3,4)5/h6,8H,7H2,1-5H3,(H,13,15)(H,14,16). The van der Waals surface area contributed by atoms with Crippen molar-refractivity contribution in [2.24, 2.45) is 0 Å². The predicted molar refractivity (Wildman–Crippen MR) is 65.8 cm³/mol. The van der Waals surface area contributed by atoms with Crippen molar-refractivity contribution in [2.45, 2.75) is 52.7 Å². The molecule has 0 atom stereocenters. The zero-order valence-corrected chi connectivity index (χ0v) is 11.1. The van der Waals surface area contributed by atoms with Crippen LogP contribution in [-0.2, 0) is 11.3 Å². The summed E-state index contributed by atoms with van der Waals surface area (Å²) in [6, 6.07) is 0. The predicted octanol–water partition coefficient (Wildman–Crippen LogP) is 2.56. The lowest BCUT2D eigenvalue weighted by Crippen LogP contribution is -2.32. The molecule has 96 valence electrons. The van der Waals surface area contributed by atoms with Crippen molar-refractivity contribution in [3.63, 3.8) is 0 Å². The van der Waals surface area contributed by atoms with Gasteiger partial charge in [0.2, 0.25) is 0 Å². The topological polar surface area (TPSA) is 67.0 Å². The van der Waals surface area contributed by atoms with E-state index in [1.165, 1.54) is 0 Å². The average molecular weight is 239 g/mol. The summed E-state index contributed by atoms with van der Waals surface area (Å²) in [6.45, 7) is 10.0. The number of imidazole rings is 1. The summed E-state index contributed by atoms with van der Waals surface area (Å²) in [5.74, 6) is 1.14. The third-order valence-electron chi connectivity index (χ3n) is 2.07. The van der Waals surface area contributed by atoms with E-state index in [2.05, 4.69) is 29.1 Å². The van der Waals surface area contributed by atoms with Crippen LogP contribution in [0.1, 0.15) is 52.1 Å². The van der Waals surface area contributed by atoms with Gasteiger partial charge in [-0.2, -0.15) is 0 Å². The maximum Gasteiger partial charge on any atom is 0.408 e. The Balaban J connectivity index is 2.42. The minimum absolute atomic E-state index is 0.349. The van der Waals surface area contributed by atoms with E-state index in [1.54, 1.807) is 6.20 Å². The van der Waals surface area contributed by atoms with Crippen LogP contribution in [0.2, 0.25) is 0 Å². The lowest BCUT2D eigenvalue weighted by molar-refractivity contribution is 0.0522. The van der Waals surface area contributed by atoms with Gasteiger partial charge in [-0.3, -0.25) is 0 Å². The number of ether oxygens (including phenoxy) is 1. The molecule has 0 radical (unpaired) electrons. The Hall–Kier alpha value is -1.52. The molecule has 1 amide bonds. The Morgan fingerprint density at radius 3 is 2.65 bits per heavy atom. The summed E-state index contributed by atoms with van der Waals surface area (Å²) >= 11 is 0. The van der Waals surface area contributed by atoms with Crippen LogP contribution < -0.4 is 5.32 Å². The van der Waals surface area contributed by atoms with Gasteiger partial charge in [0.05, 0.1) is 6.54 Å². The Bertz CT molecular complexity index is 377. The molecule has 0 aromatic carbocycles. The number of aromatic amines is 1. The van der Waals surface area contributed by atoms with E-state index in [-0.39, 0.29) is 0 Å². The lowest BCUT2D eigenvalue weighted by Gasteiger charge is -2.19. The van der Waals surface area contributed by atoms with E-state index in [0.717, 1.165) is 11.5 Å². The molecule has 0 aliphatic carbocycles. The van der Waals surface area contributed by atoms with Crippen molar-refractivity contribution in [1.29, 1.82) is 0 Å². The third-order valence-corrected chi connectivity index (χ3v) is 2.07. The maximum atomic E-state index is 11.4. The molecular formula is C12H21N3O2. The lowest BCUT2D eigenvalue weighted by atomic mass is 10.2. The molecule has 0 fully saturated rings. The zero-order valence-electron chi connectivity index (χ0n) is 11.1. The number of amides is 1. The summed E-state index contributed by atoms with van der Waals surface area (Å²) in [5, 5.41) is 2.65. The Labute approximate surface area is 102 Å². The van der Waals surface area contributed by atoms with E-state index >= 15 is 0 Å². The van der Waals surface area contributed by atoms with Crippen LogP contribution in [0.3, 0.4) is 0 Å². The minimum Gasteiger partial charge on any atom is -0.444 e. The quantitative estimate of drug-likeness (QED) is 0.851. The Kier molecular flexibility index (Phi) is 4.15. The van der Waals surface area contributed by atoms with Crippen molar-refractivity contribution in [1.82, 2.24) is 15.3 Å². The molecule has 0 bridgehead atoms. The molecular weight excluding hydrogens is 218 g/mol. The van der Waals surface area contributed by atoms with Crippen LogP contribution in [0, 0.1) is 0 Å². The minimum atomic E-state index is -0.476. The summed E-state index contributed by atoms with van der Waals surface area (Å²) in [6.07, 6.45) is 1.36. The average Bonchev–Trinajstić information content (AvgIpc) is 2.60. The van der Waals surface area contributed by atoms with E-state index in [0.29, 0.717) is 12.5 Å². The fourth-order valence-corrected chi connectivity index (χ4v) is 1.23. The van der Waals surface area contributed by atoms with Gasteiger partial charge in [-0.1, -0.05) is 13.8 Å². The van der Waals surface area contributed by atoms with Crippen molar-refractivity contribution in [2.75, 3.05) is 0 Å². The van der Waals surface area contributed by atoms with Gasteiger partial charge in [0.25, 0.3) is 0 Å². The Morgan fingerprint density at radius 1 is 1.53 bits per heavy atom. The maximum absolute atomic E-state index is 11.4. The fraction of sp³-hybridized carbons (Fsp3) is 0.667. The highest BCUT2D eigenvalue weighted by Crippen LogP contribution is 2.11. The molecule has 0 aliphatic heterocycles. The second kappa shape index (κ2) is 5.21. The summed E-state index contributed by atoms with van der Waals surface area (Å²) in [4.78, 5) is 18.7. The highest BCUT2D eigenvalue weighted by molar-refractivity contribution is 5.67. The molecule has 0 unspecified atom stereocenters. The highest BCUT2D eigenvalue weighted by atomic mass is 16.6. The summed E-state index contributed by atoms with van der Waals surface area (Å²) in [7, 11) is 0. The molecule has 0 saturated carbocycles. The molecule has 2 N–H and O–H groups in total. The van der Waals surface area contributed by atoms with Gasteiger partial charge in [-0.15, -0.1) is 0 Å². The number of H-pyrrole nitrogens is 1. The second-order valence-corrected chi connectivity index (χ2v) is 5.30. The molecule has 0 saturated heterocycles. The number of carbonyl (C=O) groups excluding carboxylic acids is 1. The number of alkyl carbamates (subject to hydrolysis) is 1. The van der Waals surface area contributed by atoms with Crippen molar-refractivity contribution < 1.29 is 9.53 Å². The first kappa shape index (κ1) is 13.5. The van der Waals surface area contributed by atoms with Gasteiger partial charge in [-0.25, -0.2) is 9.78 Å². The highest BCUT2D eigenvalue weighted by Gasteiger charge is 2.16. The second-order valence-electron chi connectivity index (χ2n) is 5.30. The van der Waals surface area contributed by atoms with Crippen LogP contribution in [0.15, 0.2) is 6.20 Å². The molecule has 1 aromatic heterocycles. The first-order chi connectivity index (χ1) is 7.78. The number of hydrogen-bond donors (Lipinski definition) is 2. The number of nitrogens with one attached hydrogen (secondary N) is 2. The number of hydrogen-bond acceptors (Lipinski definition) is 3. The summed E-state index contributed by atoms with van der Waals surface area (Å²) in [5.41, 5.74) is 0.585. The van der Waals surface area contributed by atoms with Gasteiger partial charge in [0, 0.05) is 11.9 Å². The molecule has 5 nitrogen and oxygen atoms in total. The van der Waals surface area contributed by atoms with Crippen LogP contribution in [0.25, 0.3) is 0 Å². The molecule has 0 spiro atoms. The van der Waals surface area contributed by atoms with Crippen molar-refractivity contribution in [3.8, 4) is 0 Å². The number of carbonyl (C=O) groups is 1. The van der Waals surface area contributed by atoms with Crippen LogP contribution in [0.5, 0.6) is 0 Å². The van der Waals surface area contributed by atoms with E-state index < -0.39 is 11.7 Å². The largest absolute Gasteiger partial charge is 0.444 e. The molecule has 5 heteroatoms. The molecule has 0 aliphatic rings.